The lowest BCUT2D eigenvalue weighted by Crippen LogP contribution is -2.18. The quantitative estimate of drug-likeness (QED) is 0.448. The van der Waals surface area contributed by atoms with Crippen molar-refractivity contribution in [2.75, 3.05) is 17.3 Å². The Labute approximate surface area is 145 Å². The highest BCUT2D eigenvalue weighted by atomic mass is 35.5. The molecule has 0 fully saturated rings. The highest BCUT2D eigenvalue weighted by Crippen LogP contribution is 2.29. The van der Waals surface area contributed by atoms with Crippen LogP contribution < -0.4 is 10.7 Å². The normalized spacial score (nSPS) is 11.6. The van der Waals surface area contributed by atoms with Gasteiger partial charge in [0.25, 0.3) is 0 Å². The van der Waals surface area contributed by atoms with Crippen molar-refractivity contribution in [1.29, 1.82) is 0 Å². The first-order valence-electron chi connectivity index (χ1n) is 6.75. The van der Waals surface area contributed by atoms with Gasteiger partial charge in [-0.3, -0.25) is 5.01 Å². The number of anilines is 2. The molecule has 2 aromatic rings. The van der Waals surface area contributed by atoms with Crippen LogP contribution >= 0.6 is 34.8 Å². The largest absolute Gasteiger partial charge is 0.398 e. The lowest BCUT2D eigenvalue weighted by molar-refractivity contribution is 0.892. The van der Waals surface area contributed by atoms with E-state index >= 15 is 0 Å². The number of nitrogens with zero attached hydrogens (tertiary/aromatic N) is 2. The summed E-state index contributed by atoms with van der Waals surface area (Å²) in [5.41, 5.74) is 8.91. The first-order chi connectivity index (χ1) is 10.4. The number of hydrazone groups is 1. The topological polar surface area (TPSA) is 41.6 Å². The SMILES string of the molecule is CCN(/N=C(\C)c1cc(Cl)ccc1N)c1cc(Cl)ccc1Cl. The molecule has 0 heterocycles. The van der Waals surface area contributed by atoms with Crippen molar-refractivity contribution in [3.63, 3.8) is 0 Å². The van der Waals surface area contributed by atoms with Crippen LogP contribution in [0.3, 0.4) is 0 Å². The molecular formula is C16H16Cl3N3. The molecule has 0 aliphatic carbocycles. The molecule has 116 valence electrons. The van der Waals surface area contributed by atoms with Crippen LogP contribution in [0.2, 0.25) is 15.1 Å². The Morgan fingerprint density at radius 2 is 1.73 bits per heavy atom. The summed E-state index contributed by atoms with van der Waals surface area (Å²) in [4.78, 5) is 0. The van der Waals surface area contributed by atoms with Crippen molar-refractivity contribution in [2.24, 2.45) is 5.10 Å². The van der Waals surface area contributed by atoms with Gasteiger partial charge >= 0.3 is 0 Å². The average molecular weight is 357 g/mol. The Bertz CT molecular complexity index is 714. The molecular weight excluding hydrogens is 341 g/mol. The highest BCUT2D eigenvalue weighted by molar-refractivity contribution is 6.35. The summed E-state index contributed by atoms with van der Waals surface area (Å²) >= 11 is 18.3. The van der Waals surface area contributed by atoms with Crippen molar-refractivity contribution < 1.29 is 0 Å². The fourth-order valence-electron chi connectivity index (χ4n) is 2.06. The third-order valence-electron chi connectivity index (χ3n) is 3.16. The summed E-state index contributed by atoms with van der Waals surface area (Å²) in [5, 5.41) is 8.19. The van der Waals surface area contributed by atoms with Crippen LogP contribution in [0.15, 0.2) is 41.5 Å². The molecule has 0 bridgehead atoms. The van der Waals surface area contributed by atoms with Crippen molar-refractivity contribution >= 4 is 51.9 Å². The van der Waals surface area contributed by atoms with E-state index in [0.717, 1.165) is 17.0 Å². The number of hydrogen-bond donors (Lipinski definition) is 1. The Kier molecular flexibility index (Phi) is 5.57. The van der Waals surface area contributed by atoms with E-state index in [-0.39, 0.29) is 0 Å². The predicted molar refractivity (Wildman–Crippen MR) is 97.6 cm³/mol. The molecule has 2 aromatic carbocycles. The maximum atomic E-state index is 6.24. The fraction of sp³-hybridized carbons (Fsp3) is 0.188. The van der Waals surface area contributed by atoms with Gasteiger partial charge in [-0.15, -0.1) is 0 Å². The number of nitrogens with two attached hydrogens (primary N) is 1. The van der Waals surface area contributed by atoms with E-state index in [9.17, 15) is 0 Å². The second-order valence-corrected chi connectivity index (χ2v) is 6.01. The fourth-order valence-corrected chi connectivity index (χ4v) is 2.61. The number of rotatable bonds is 4. The molecule has 0 amide bonds. The van der Waals surface area contributed by atoms with E-state index in [2.05, 4.69) is 5.10 Å². The Morgan fingerprint density at radius 1 is 1.09 bits per heavy atom. The van der Waals surface area contributed by atoms with E-state index in [4.69, 9.17) is 40.5 Å². The van der Waals surface area contributed by atoms with Crippen LogP contribution in [0, 0.1) is 0 Å². The van der Waals surface area contributed by atoms with E-state index in [0.29, 0.717) is 27.3 Å². The second-order valence-electron chi connectivity index (χ2n) is 4.73. The van der Waals surface area contributed by atoms with Gasteiger partial charge < -0.3 is 5.73 Å². The molecule has 0 atom stereocenters. The smallest absolute Gasteiger partial charge is 0.0794 e. The Hall–Kier alpha value is -1.42. The van der Waals surface area contributed by atoms with E-state index in [1.54, 1.807) is 41.4 Å². The average Bonchev–Trinajstić information content (AvgIpc) is 2.49. The highest BCUT2D eigenvalue weighted by Gasteiger charge is 2.11. The van der Waals surface area contributed by atoms with E-state index in [1.807, 2.05) is 13.8 Å². The van der Waals surface area contributed by atoms with Gasteiger partial charge in [-0.25, -0.2) is 0 Å². The molecule has 0 saturated heterocycles. The van der Waals surface area contributed by atoms with Gasteiger partial charge in [0.1, 0.15) is 0 Å². The number of nitrogen functional groups attached to an aromatic ring is 1. The summed E-state index contributed by atoms with van der Waals surface area (Å²) < 4.78 is 0. The van der Waals surface area contributed by atoms with Crippen molar-refractivity contribution in [3.05, 3.63) is 57.0 Å². The van der Waals surface area contributed by atoms with Gasteiger partial charge in [0.2, 0.25) is 0 Å². The second kappa shape index (κ2) is 7.23. The molecule has 0 unspecified atom stereocenters. The third-order valence-corrected chi connectivity index (χ3v) is 3.95. The molecule has 0 spiro atoms. The summed E-state index contributed by atoms with van der Waals surface area (Å²) in [6, 6.07) is 10.6. The monoisotopic (exact) mass is 355 g/mol. The summed E-state index contributed by atoms with van der Waals surface area (Å²) in [5.74, 6) is 0. The lowest BCUT2D eigenvalue weighted by Gasteiger charge is -2.20. The molecule has 6 heteroatoms. The molecule has 22 heavy (non-hydrogen) atoms. The minimum absolute atomic E-state index is 0.585. The van der Waals surface area contributed by atoms with Crippen LogP contribution in [-0.2, 0) is 0 Å². The maximum absolute atomic E-state index is 6.24. The molecule has 2 N–H and O–H groups in total. The maximum Gasteiger partial charge on any atom is 0.0794 e. The first kappa shape index (κ1) is 16.9. The van der Waals surface area contributed by atoms with Crippen LogP contribution in [0.5, 0.6) is 0 Å². The Morgan fingerprint density at radius 3 is 2.41 bits per heavy atom. The first-order valence-corrected chi connectivity index (χ1v) is 7.89. The third kappa shape index (κ3) is 3.86. The van der Waals surface area contributed by atoms with Crippen molar-refractivity contribution in [2.45, 2.75) is 13.8 Å². The molecule has 0 aliphatic rings. The standard InChI is InChI=1S/C16H16Cl3N3/c1-3-22(16-9-12(18)4-6-14(16)19)21-10(2)13-8-11(17)5-7-15(13)20/h4-9H,3,20H2,1-2H3/b21-10+. The number of hydrogen-bond acceptors (Lipinski definition) is 3. The number of benzene rings is 2. The van der Waals surface area contributed by atoms with Gasteiger partial charge in [0.15, 0.2) is 0 Å². The van der Waals surface area contributed by atoms with Gasteiger partial charge in [-0.1, -0.05) is 34.8 Å². The van der Waals surface area contributed by atoms with E-state index < -0.39 is 0 Å². The minimum Gasteiger partial charge on any atom is -0.398 e. The lowest BCUT2D eigenvalue weighted by atomic mass is 10.1. The number of halogens is 3. The van der Waals surface area contributed by atoms with Gasteiger partial charge in [-0.2, -0.15) is 5.10 Å². The molecule has 0 aliphatic heterocycles. The summed E-state index contributed by atoms with van der Waals surface area (Å²) in [6.07, 6.45) is 0. The summed E-state index contributed by atoms with van der Waals surface area (Å²) in [7, 11) is 0. The molecule has 3 nitrogen and oxygen atoms in total. The molecule has 2 rings (SSSR count). The van der Waals surface area contributed by atoms with E-state index in [1.165, 1.54) is 0 Å². The Balaban J connectivity index is 2.43. The van der Waals surface area contributed by atoms with Gasteiger partial charge in [0.05, 0.1) is 16.4 Å². The zero-order valence-electron chi connectivity index (χ0n) is 12.3. The van der Waals surface area contributed by atoms with Gasteiger partial charge in [-0.05, 0) is 50.2 Å². The van der Waals surface area contributed by atoms with Gasteiger partial charge in [0, 0.05) is 27.8 Å². The van der Waals surface area contributed by atoms with Crippen LogP contribution in [0.4, 0.5) is 11.4 Å². The summed E-state index contributed by atoms with van der Waals surface area (Å²) in [6.45, 7) is 4.50. The minimum atomic E-state index is 0.585. The molecule has 0 saturated carbocycles. The predicted octanol–water partition coefficient (Wildman–Crippen LogP) is 5.48. The van der Waals surface area contributed by atoms with Crippen LogP contribution in [0.25, 0.3) is 0 Å². The van der Waals surface area contributed by atoms with Crippen LogP contribution in [0.1, 0.15) is 19.4 Å². The zero-order valence-corrected chi connectivity index (χ0v) is 14.5. The van der Waals surface area contributed by atoms with Crippen LogP contribution in [-0.4, -0.2) is 12.3 Å². The zero-order chi connectivity index (χ0) is 16.3. The molecule has 0 radical (unpaired) electrons. The van der Waals surface area contributed by atoms with Crippen molar-refractivity contribution in [1.82, 2.24) is 0 Å². The van der Waals surface area contributed by atoms with Crippen molar-refractivity contribution in [3.8, 4) is 0 Å². The molecule has 0 aromatic heterocycles.